The van der Waals surface area contributed by atoms with Crippen molar-refractivity contribution in [3.8, 4) is 0 Å². The van der Waals surface area contributed by atoms with Gasteiger partial charge in [-0.15, -0.1) is 0 Å². The number of benzene rings is 1. The van der Waals surface area contributed by atoms with Gasteiger partial charge in [0.15, 0.2) is 0 Å². The molecule has 0 saturated carbocycles. The van der Waals surface area contributed by atoms with Crippen LogP contribution in [0.2, 0.25) is 0 Å². The molecule has 0 saturated heterocycles. The third kappa shape index (κ3) is 2.33. The smallest absolute Gasteiger partial charge is 0.225 e. The van der Waals surface area contributed by atoms with Crippen molar-refractivity contribution in [2.24, 2.45) is 5.41 Å². The third-order valence-electron chi connectivity index (χ3n) is 4.11. The summed E-state index contributed by atoms with van der Waals surface area (Å²) in [6.07, 6.45) is 2.96. The molecule has 20 heavy (non-hydrogen) atoms. The molecule has 0 radical (unpaired) electrons. The van der Waals surface area contributed by atoms with E-state index in [1.54, 1.807) is 0 Å². The zero-order chi connectivity index (χ0) is 14.3. The van der Waals surface area contributed by atoms with E-state index in [2.05, 4.69) is 34.6 Å². The monoisotopic (exact) mass is 270 g/mol. The van der Waals surface area contributed by atoms with Gasteiger partial charge in [-0.05, 0) is 30.9 Å². The minimum absolute atomic E-state index is 0.144. The molecule has 0 bridgehead atoms. The number of nitrogens with one attached hydrogen (secondary N) is 2. The van der Waals surface area contributed by atoms with E-state index in [9.17, 15) is 4.79 Å². The van der Waals surface area contributed by atoms with Gasteiger partial charge in [0, 0.05) is 28.1 Å². The van der Waals surface area contributed by atoms with Crippen molar-refractivity contribution in [2.45, 2.75) is 46.1 Å². The Balaban J connectivity index is 1.83. The molecule has 1 aromatic carbocycles. The quantitative estimate of drug-likeness (QED) is 0.821. The molecule has 1 heterocycles. The first-order valence-corrected chi connectivity index (χ1v) is 7.34. The number of hydrogen-bond donors (Lipinski definition) is 2. The summed E-state index contributed by atoms with van der Waals surface area (Å²) in [5, 5.41) is 4.50. The summed E-state index contributed by atoms with van der Waals surface area (Å²) in [6.45, 7) is 5.88. The molecule has 3 heteroatoms. The van der Waals surface area contributed by atoms with Crippen molar-refractivity contribution < 1.29 is 4.79 Å². The fourth-order valence-corrected chi connectivity index (χ4v) is 2.89. The van der Waals surface area contributed by atoms with Crippen LogP contribution in [0.4, 0.5) is 0 Å². The molecule has 3 rings (SSSR count). The molecule has 0 fully saturated rings. The molecule has 0 aliphatic heterocycles. The SMILES string of the molecule is CC(C)(C)C(=O)NC1CCc2[nH]c3ccccc3c2C1. The molecule has 3 nitrogen and oxygen atoms in total. The molecule has 2 aromatic rings. The Morgan fingerprint density at radius 3 is 2.80 bits per heavy atom. The van der Waals surface area contributed by atoms with Crippen molar-refractivity contribution >= 4 is 16.8 Å². The number of aryl methyl sites for hydroxylation is 1. The van der Waals surface area contributed by atoms with Gasteiger partial charge in [-0.3, -0.25) is 4.79 Å². The summed E-state index contributed by atoms with van der Waals surface area (Å²) in [7, 11) is 0. The van der Waals surface area contributed by atoms with Crippen LogP contribution < -0.4 is 5.32 Å². The Bertz CT molecular complexity index is 649. The number of carbonyl (C=O) groups is 1. The Labute approximate surface area is 119 Å². The van der Waals surface area contributed by atoms with E-state index in [0.29, 0.717) is 0 Å². The van der Waals surface area contributed by atoms with Crippen molar-refractivity contribution in [3.05, 3.63) is 35.5 Å². The molecule has 1 atom stereocenters. The molecule has 0 spiro atoms. The highest BCUT2D eigenvalue weighted by Crippen LogP contribution is 2.29. The number of hydrogen-bond acceptors (Lipinski definition) is 1. The highest BCUT2D eigenvalue weighted by atomic mass is 16.2. The molecular weight excluding hydrogens is 248 g/mol. The van der Waals surface area contributed by atoms with Gasteiger partial charge in [-0.2, -0.15) is 0 Å². The lowest BCUT2D eigenvalue weighted by Crippen LogP contribution is -2.44. The highest BCUT2D eigenvalue weighted by molar-refractivity contribution is 5.85. The van der Waals surface area contributed by atoms with Crippen LogP contribution in [0.15, 0.2) is 24.3 Å². The lowest BCUT2D eigenvalue weighted by molar-refractivity contribution is -0.129. The summed E-state index contributed by atoms with van der Waals surface area (Å²) in [6, 6.07) is 8.68. The first-order chi connectivity index (χ1) is 9.45. The van der Waals surface area contributed by atoms with Crippen LogP contribution in [0.1, 0.15) is 38.4 Å². The van der Waals surface area contributed by atoms with Crippen LogP contribution in [-0.2, 0) is 17.6 Å². The second-order valence-electron chi connectivity index (χ2n) is 6.79. The number of aromatic nitrogens is 1. The second-order valence-corrected chi connectivity index (χ2v) is 6.79. The summed E-state index contributed by atoms with van der Waals surface area (Å²) in [5.41, 5.74) is 3.61. The van der Waals surface area contributed by atoms with Gasteiger partial charge in [-0.1, -0.05) is 39.0 Å². The fourth-order valence-electron chi connectivity index (χ4n) is 2.89. The maximum atomic E-state index is 12.1. The zero-order valence-electron chi connectivity index (χ0n) is 12.4. The number of amides is 1. The summed E-state index contributed by atoms with van der Waals surface area (Å²) in [4.78, 5) is 15.6. The molecule has 1 aliphatic rings. The van der Waals surface area contributed by atoms with Gasteiger partial charge >= 0.3 is 0 Å². The predicted molar refractivity (Wildman–Crippen MR) is 81.7 cm³/mol. The summed E-state index contributed by atoms with van der Waals surface area (Å²) < 4.78 is 0. The molecular formula is C17H22N2O. The zero-order valence-corrected chi connectivity index (χ0v) is 12.4. The van der Waals surface area contributed by atoms with E-state index in [1.807, 2.05) is 20.8 Å². The van der Waals surface area contributed by atoms with Crippen LogP contribution in [-0.4, -0.2) is 16.9 Å². The topological polar surface area (TPSA) is 44.9 Å². The van der Waals surface area contributed by atoms with Crippen molar-refractivity contribution in [2.75, 3.05) is 0 Å². The molecule has 1 aromatic heterocycles. The standard InChI is InChI=1S/C17H22N2O/c1-17(2,3)16(20)18-11-8-9-15-13(10-11)12-6-4-5-7-14(12)19-15/h4-7,11,19H,8-10H2,1-3H3,(H,18,20). The fraction of sp³-hybridized carbons (Fsp3) is 0.471. The number of H-pyrrole nitrogens is 1. The first-order valence-electron chi connectivity index (χ1n) is 7.34. The number of rotatable bonds is 1. The van der Waals surface area contributed by atoms with Gasteiger partial charge in [0.25, 0.3) is 0 Å². The van der Waals surface area contributed by atoms with Gasteiger partial charge in [-0.25, -0.2) is 0 Å². The molecule has 1 unspecified atom stereocenters. The Kier molecular flexibility index (Phi) is 3.08. The van der Waals surface area contributed by atoms with Gasteiger partial charge < -0.3 is 10.3 Å². The molecule has 2 N–H and O–H groups in total. The third-order valence-corrected chi connectivity index (χ3v) is 4.11. The van der Waals surface area contributed by atoms with E-state index >= 15 is 0 Å². The number of para-hydroxylation sites is 1. The average molecular weight is 270 g/mol. The van der Waals surface area contributed by atoms with Crippen LogP contribution in [0.25, 0.3) is 10.9 Å². The molecule has 1 aliphatic carbocycles. The minimum atomic E-state index is -0.319. The van der Waals surface area contributed by atoms with Gasteiger partial charge in [0.2, 0.25) is 5.91 Å². The van der Waals surface area contributed by atoms with Crippen LogP contribution in [0.5, 0.6) is 0 Å². The maximum Gasteiger partial charge on any atom is 0.225 e. The normalized spacial score (nSPS) is 18.9. The van der Waals surface area contributed by atoms with E-state index < -0.39 is 0 Å². The van der Waals surface area contributed by atoms with E-state index in [0.717, 1.165) is 19.3 Å². The van der Waals surface area contributed by atoms with Crippen molar-refractivity contribution in [1.29, 1.82) is 0 Å². The molecule has 106 valence electrons. The predicted octanol–water partition coefficient (Wildman–Crippen LogP) is 3.19. The largest absolute Gasteiger partial charge is 0.358 e. The van der Waals surface area contributed by atoms with Crippen molar-refractivity contribution in [3.63, 3.8) is 0 Å². The Hall–Kier alpha value is -1.77. The number of aromatic amines is 1. The first kappa shape index (κ1) is 13.2. The van der Waals surface area contributed by atoms with Crippen LogP contribution >= 0.6 is 0 Å². The highest BCUT2D eigenvalue weighted by Gasteiger charge is 2.27. The average Bonchev–Trinajstić information content (AvgIpc) is 2.76. The van der Waals surface area contributed by atoms with E-state index in [1.165, 1.54) is 22.2 Å². The maximum absolute atomic E-state index is 12.1. The lowest BCUT2D eigenvalue weighted by Gasteiger charge is -2.27. The molecule has 1 amide bonds. The van der Waals surface area contributed by atoms with Crippen molar-refractivity contribution in [1.82, 2.24) is 10.3 Å². The van der Waals surface area contributed by atoms with Crippen LogP contribution in [0, 0.1) is 5.41 Å². The lowest BCUT2D eigenvalue weighted by atomic mass is 9.89. The van der Waals surface area contributed by atoms with E-state index in [-0.39, 0.29) is 17.4 Å². The van der Waals surface area contributed by atoms with Gasteiger partial charge in [0.1, 0.15) is 0 Å². The van der Waals surface area contributed by atoms with Crippen LogP contribution in [0.3, 0.4) is 0 Å². The summed E-state index contributed by atoms with van der Waals surface area (Å²) >= 11 is 0. The summed E-state index contributed by atoms with van der Waals surface area (Å²) in [5.74, 6) is 0.144. The Morgan fingerprint density at radius 2 is 2.05 bits per heavy atom. The minimum Gasteiger partial charge on any atom is -0.358 e. The number of carbonyl (C=O) groups excluding carboxylic acids is 1. The van der Waals surface area contributed by atoms with E-state index in [4.69, 9.17) is 0 Å². The second kappa shape index (κ2) is 4.65. The number of fused-ring (bicyclic) bond motifs is 3. The van der Waals surface area contributed by atoms with Gasteiger partial charge in [0.05, 0.1) is 0 Å². The Morgan fingerprint density at radius 1 is 1.30 bits per heavy atom.